The van der Waals surface area contributed by atoms with Gasteiger partial charge in [0.15, 0.2) is 0 Å². The number of hydrogen-bond donors (Lipinski definition) is 0. The lowest BCUT2D eigenvalue weighted by atomic mass is 9.91. The van der Waals surface area contributed by atoms with E-state index in [1.165, 1.54) is 105 Å². The van der Waals surface area contributed by atoms with E-state index >= 15 is 0 Å². The van der Waals surface area contributed by atoms with Crippen molar-refractivity contribution in [3.63, 3.8) is 0 Å². The van der Waals surface area contributed by atoms with Crippen LogP contribution in [0.2, 0.25) is 0 Å². The molecule has 0 amide bonds. The first kappa shape index (κ1) is 36.2. The quantitative estimate of drug-likeness (QED) is 0.142. The summed E-state index contributed by atoms with van der Waals surface area (Å²) in [4.78, 5) is 4.98. The molecule has 0 radical (unpaired) electrons. The molecule has 59 heavy (non-hydrogen) atoms. The van der Waals surface area contributed by atoms with Crippen molar-refractivity contribution in [2.75, 3.05) is 9.80 Å². The van der Waals surface area contributed by atoms with E-state index in [2.05, 4.69) is 232 Å². The van der Waals surface area contributed by atoms with E-state index in [1.807, 2.05) is 0 Å². The highest BCUT2D eigenvalue weighted by Crippen LogP contribution is 2.49. The molecule has 0 heterocycles. The highest BCUT2D eigenvalue weighted by molar-refractivity contribution is 6.28. The van der Waals surface area contributed by atoms with Crippen molar-refractivity contribution in [3.05, 3.63) is 216 Å². The van der Waals surface area contributed by atoms with Gasteiger partial charge in [-0.2, -0.15) is 0 Å². The summed E-state index contributed by atoms with van der Waals surface area (Å²) in [6.07, 6.45) is 0. The molecule has 0 aliphatic rings. The second-order valence-electron chi connectivity index (χ2n) is 16.1. The number of nitrogens with zero attached hydrogens (tertiary/aromatic N) is 2. The average molecular weight is 759 g/mol. The number of aryl methyl sites for hydroxylation is 5. The van der Waals surface area contributed by atoms with Gasteiger partial charge in [-0.1, -0.05) is 146 Å². The summed E-state index contributed by atoms with van der Waals surface area (Å²) in [5.74, 6) is 0. The molecule has 10 aromatic rings. The minimum Gasteiger partial charge on any atom is -0.310 e. The fraction of sp³-hybridized carbons (Fsp3) is 0.0877. The van der Waals surface area contributed by atoms with E-state index in [4.69, 9.17) is 0 Å². The second kappa shape index (κ2) is 14.7. The van der Waals surface area contributed by atoms with Gasteiger partial charge in [0.25, 0.3) is 0 Å². The molecule has 0 aliphatic heterocycles. The molecule has 10 rings (SSSR count). The SMILES string of the molecule is Cc1cccc(N(c2cc(-c3ccccc3)ccc2C)c2ccc3ccc4c(N(c5cc(C)ccc5C)c5cc(-c6ccccc6)ccc5C)ccc5ccc2c3c54)c1. The lowest BCUT2D eigenvalue weighted by Gasteiger charge is -2.32. The van der Waals surface area contributed by atoms with Crippen molar-refractivity contribution in [3.8, 4) is 22.3 Å². The Hall–Kier alpha value is -7.16. The Bertz CT molecular complexity index is 3160. The van der Waals surface area contributed by atoms with Crippen LogP contribution >= 0.6 is 0 Å². The molecule has 0 unspecified atom stereocenters. The molecule has 0 saturated heterocycles. The molecule has 0 fully saturated rings. The van der Waals surface area contributed by atoms with Crippen molar-refractivity contribution >= 4 is 66.4 Å². The topological polar surface area (TPSA) is 6.48 Å². The highest BCUT2D eigenvalue weighted by Gasteiger charge is 2.24. The first-order valence-electron chi connectivity index (χ1n) is 20.6. The monoisotopic (exact) mass is 758 g/mol. The van der Waals surface area contributed by atoms with E-state index < -0.39 is 0 Å². The van der Waals surface area contributed by atoms with Crippen LogP contribution in [-0.4, -0.2) is 0 Å². The molecule has 2 nitrogen and oxygen atoms in total. The van der Waals surface area contributed by atoms with Gasteiger partial charge >= 0.3 is 0 Å². The van der Waals surface area contributed by atoms with E-state index in [1.54, 1.807) is 0 Å². The molecule has 2 heteroatoms. The zero-order chi connectivity index (χ0) is 40.2. The zero-order valence-corrected chi connectivity index (χ0v) is 34.3. The van der Waals surface area contributed by atoms with Crippen LogP contribution in [0.15, 0.2) is 188 Å². The lowest BCUT2D eigenvalue weighted by molar-refractivity contribution is 1.22. The summed E-state index contributed by atoms with van der Waals surface area (Å²) in [6, 6.07) is 69.5. The smallest absolute Gasteiger partial charge is 0.0540 e. The Labute approximate surface area is 347 Å². The standard InChI is InChI=1S/C57H46N2/c1-37-13-12-18-48(33-37)58(54-35-46(23-21-40(54)4)42-14-8-6-9-15-42)51-31-27-44-26-30-50-52(32-28-45-25-29-49(51)56(44)57(45)50)59(53-34-38(2)19-20-39(53)3)55-36-47(24-22-41(55)5)43-16-10-7-11-17-43/h6-36H,1-5H3. The first-order chi connectivity index (χ1) is 28.8. The molecule has 0 aliphatic carbocycles. The van der Waals surface area contributed by atoms with Gasteiger partial charge in [-0.3, -0.25) is 0 Å². The fourth-order valence-corrected chi connectivity index (χ4v) is 9.01. The predicted octanol–water partition coefficient (Wildman–Crippen LogP) is 16.4. The van der Waals surface area contributed by atoms with Crippen LogP contribution in [-0.2, 0) is 0 Å². The minimum atomic E-state index is 1.14. The largest absolute Gasteiger partial charge is 0.310 e. The van der Waals surface area contributed by atoms with Crippen LogP contribution in [0.3, 0.4) is 0 Å². The van der Waals surface area contributed by atoms with Gasteiger partial charge in [0.1, 0.15) is 0 Å². The first-order valence-corrected chi connectivity index (χ1v) is 20.6. The predicted molar refractivity (Wildman–Crippen MR) is 254 cm³/mol. The molecule has 0 atom stereocenters. The summed E-state index contributed by atoms with van der Waals surface area (Å²) >= 11 is 0. The Morgan fingerprint density at radius 2 is 0.746 bits per heavy atom. The molecule has 284 valence electrons. The zero-order valence-electron chi connectivity index (χ0n) is 34.3. The van der Waals surface area contributed by atoms with Crippen LogP contribution < -0.4 is 9.80 Å². The Balaban J connectivity index is 1.24. The molecule has 0 spiro atoms. The van der Waals surface area contributed by atoms with Gasteiger partial charge in [0, 0.05) is 33.5 Å². The van der Waals surface area contributed by atoms with Gasteiger partial charge in [0.05, 0.1) is 11.4 Å². The van der Waals surface area contributed by atoms with E-state index in [9.17, 15) is 0 Å². The summed E-state index contributed by atoms with van der Waals surface area (Å²) in [5.41, 5.74) is 18.0. The molecule has 0 bridgehead atoms. The van der Waals surface area contributed by atoms with Gasteiger partial charge in [0.2, 0.25) is 0 Å². The highest BCUT2D eigenvalue weighted by atomic mass is 15.2. The normalized spacial score (nSPS) is 11.5. The van der Waals surface area contributed by atoms with Crippen molar-refractivity contribution in [2.45, 2.75) is 34.6 Å². The third kappa shape index (κ3) is 6.38. The molecular weight excluding hydrogens is 713 g/mol. The van der Waals surface area contributed by atoms with Crippen LogP contribution in [0, 0.1) is 34.6 Å². The van der Waals surface area contributed by atoms with E-state index in [-0.39, 0.29) is 0 Å². The maximum Gasteiger partial charge on any atom is 0.0540 e. The Kier molecular flexibility index (Phi) is 8.99. The third-order valence-electron chi connectivity index (χ3n) is 12.1. The van der Waals surface area contributed by atoms with Crippen molar-refractivity contribution in [1.82, 2.24) is 0 Å². The summed E-state index contributed by atoms with van der Waals surface area (Å²) in [6.45, 7) is 11.1. The summed E-state index contributed by atoms with van der Waals surface area (Å²) in [5, 5.41) is 7.49. The molecular formula is C57H46N2. The van der Waals surface area contributed by atoms with Crippen molar-refractivity contribution in [1.29, 1.82) is 0 Å². The van der Waals surface area contributed by atoms with Crippen LogP contribution in [0.25, 0.3) is 54.6 Å². The number of rotatable bonds is 8. The van der Waals surface area contributed by atoms with Gasteiger partial charge in [-0.25, -0.2) is 0 Å². The minimum absolute atomic E-state index is 1.14. The second-order valence-corrected chi connectivity index (χ2v) is 16.1. The number of benzene rings is 10. The summed E-state index contributed by atoms with van der Waals surface area (Å²) < 4.78 is 0. The van der Waals surface area contributed by atoms with Gasteiger partial charge in [-0.05, 0) is 149 Å². The maximum atomic E-state index is 2.51. The maximum absolute atomic E-state index is 2.51. The van der Waals surface area contributed by atoms with Crippen molar-refractivity contribution in [2.24, 2.45) is 0 Å². The van der Waals surface area contributed by atoms with Crippen LogP contribution in [0.5, 0.6) is 0 Å². The third-order valence-corrected chi connectivity index (χ3v) is 12.1. The van der Waals surface area contributed by atoms with Gasteiger partial charge in [-0.15, -0.1) is 0 Å². The fourth-order valence-electron chi connectivity index (χ4n) is 9.01. The molecule has 0 N–H and O–H groups in total. The Morgan fingerprint density at radius 1 is 0.288 bits per heavy atom. The Morgan fingerprint density at radius 3 is 1.29 bits per heavy atom. The molecule has 0 saturated carbocycles. The van der Waals surface area contributed by atoms with Crippen LogP contribution in [0.4, 0.5) is 34.1 Å². The van der Waals surface area contributed by atoms with Crippen LogP contribution in [0.1, 0.15) is 27.8 Å². The number of hydrogen-bond acceptors (Lipinski definition) is 2. The lowest BCUT2D eigenvalue weighted by Crippen LogP contribution is -2.14. The van der Waals surface area contributed by atoms with E-state index in [0.29, 0.717) is 0 Å². The van der Waals surface area contributed by atoms with Gasteiger partial charge < -0.3 is 9.80 Å². The van der Waals surface area contributed by atoms with Crippen molar-refractivity contribution < 1.29 is 0 Å². The average Bonchev–Trinajstić information content (AvgIpc) is 3.27. The number of anilines is 6. The summed E-state index contributed by atoms with van der Waals surface area (Å²) in [7, 11) is 0. The molecule has 10 aromatic carbocycles. The van der Waals surface area contributed by atoms with E-state index in [0.717, 1.165) is 11.4 Å². The molecule has 0 aromatic heterocycles.